The highest BCUT2D eigenvalue weighted by atomic mass is 14.7. The van der Waals surface area contributed by atoms with Crippen molar-refractivity contribution in [2.45, 2.75) is 0 Å². The lowest BCUT2D eigenvalue weighted by Gasteiger charge is -1.88. The summed E-state index contributed by atoms with van der Waals surface area (Å²) in [5.74, 6) is 0. The van der Waals surface area contributed by atoms with Gasteiger partial charge in [-0.3, -0.25) is 4.99 Å². The van der Waals surface area contributed by atoms with Crippen LogP contribution in [0.2, 0.25) is 0 Å². The molecule has 0 atom stereocenters. The van der Waals surface area contributed by atoms with Crippen molar-refractivity contribution in [2.75, 3.05) is 13.6 Å². The van der Waals surface area contributed by atoms with Gasteiger partial charge in [0.15, 0.2) is 0 Å². The second-order valence-electron chi connectivity index (χ2n) is 1.35. The summed E-state index contributed by atoms with van der Waals surface area (Å²) in [6, 6.07) is 0. The van der Waals surface area contributed by atoms with E-state index in [9.17, 15) is 0 Å². The molecule has 0 bridgehead atoms. The summed E-state index contributed by atoms with van der Waals surface area (Å²) in [6.45, 7) is 0.395. The van der Waals surface area contributed by atoms with Crippen LogP contribution in [0.5, 0.6) is 0 Å². The largest absolute Gasteiger partial charge is 0.401 e. The molecule has 0 heterocycles. The molecule has 0 aromatic rings. The van der Waals surface area contributed by atoms with Gasteiger partial charge >= 0.3 is 0 Å². The van der Waals surface area contributed by atoms with Crippen molar-refractivity contribution < 1.29 is 0 Å². The first-order valence-electron chi connectivity index (χ1n) is 2.38. The van der Waals surface area contributed by atoms with Crippen LogP contribution in [0, 0.1) is 0 Å². The minimum absolute atomic E-state index is 0.395. The average Bonchev–Trinajstić information content (AvgIpc) is 1.83. The number of aliphatic imine (C=N–C) groups is 1. The van der Waals surface area contributed by atoms with Crippen molar-refractivity contribution in [1.29, 1.82) is 0 Å². The fourth-order valence-corrected chi connectivity index (χ4v) is 0.238. The van der Waals surface area contributed by atoms with Gasteiger partial charge in [-0.1, -0.05) is 0 Å². The van der Waals surface area contributed by atoms with Crippen molar-refractivity contribution >= 4 is 6.21 Å². The molecule has 4 N–H and O–H groups in total. The van der Waals surface area contributed by atoms with Gasteiger partial charge in [-0.15, -0.1) is 0 Å². The molecule has 0 aliphatic heterocycles. The summed E-state index contributed by atoms with van der Waals surface area (Å²) in [6.07, 6.45) is 3.29. The van der Waals surface area contributed by atoms with E-state index in [0.29, 0.717) is 12.2 Å². The van der Waals surface area contributed by atoms with E-state index in [2.05, 4.69) is 4.99 Å². The summed E-state index contributed by atoms with van der Waals surface area (Å²) in [4.78, 5) is 3.69. The van der Waals surface area contributed by atoms with Crippen LogP contribution in [0.25, 0.3) is 0 Å². The minimum Gasteiger partial charge on any atom is -0.401 e. The molecule has 0 unspecified atom stereocenters. The van der Waals surface area contributed by atoms with Gasteiger partial charge in [0.2, 0.25) is 0 Å². The van der Waals surface area contributed by atoms with Crippen LogP contribution in [0.4, 0.5) is 0 Å². The van der Waals surface area contributed by atoms with Crippen LogP contribution < -0.4 is 11.5 Å². The second kappa shape index (κ2) is 4.33. The zero-order chi connectivity index (χ0) is 6.41. The highest BCUT2D eigenvalue weighted by Crippen LogP contribution is 1.72. The van der Waals surface area contributed by atoms with E-state index in [1.54, 1.807) is 19.3 Å². The number of rotatable bonds is 2. The van der Waals surface area contributed by atoms with Crippen molar-refractivity contribution in [3.8, 4) is 0 Å². The van der Waals surface area contributed by atoms with Crippen LogP contribution in [0.1, 0.15) is 0 Å². The van der Waals surface area contributed by atoms with Crippen molar-refractivity contribution in [3.63, 3.8) is 0 Å². The molecule has 0 aromatic heterocycles. The molecule has 0 aliphatic carbocycles. The molecule has 0 rings (SSSR count). The van der Waals surface area contributed by atoms with Gasteiger partial charge < -0.3 is 11.5 Å². The van der Waals surface area contributed by atoms with Gasteiger partial charge in [-0.05, 0) is 6.08 Å². The predicted octanol–water partition coefficient (Wildman–Crippen LogP) is -0.512. The Labute approximate surface area is 49.1 Å². The van der Waals surface area contributed by atoms with Crippen LogP contribution >= 0.6 is 0 Å². The molecule has 0 saturated heterocycles. The van der Waals surface area contributed by atoms with Crippen molar-refractivity contribution in [1.82, 2.24) is 0 Å². The standard InChI is InChI=1S/C5H11N3/c1-8-3-2-5(7)4-6/h2-3H,4,6-7H2,1H3. The van der Waals surface area contributed by atoms with Crippen LogP contribution in [-0.4, -0.2) is 19.8 Å². The molecule has 8 heavy (non-hydrogen) atoms. The fraction of sp³-hybridized carbons (Fsp3) is 0.400. The first-order valence-corrected chi connectivity index (χ1v) is 2.38. The molecule has 3 heteroatoms. The molecule has 0 amide bonds. The van der Waals surface area contributed by atoms with Crippen LogP contribution in [0.15, 0.2) is 16.8 Å². The van der Waals surface area contributed by atoms with Crippen LogP contribution in [-0.2, 0) is 0 Å². The first-order chi connectivity index (χ1) is 3.81. The van der Waals surface area contributed by atoms with Gasteiger partial charge in [0.25, 0.3) is 0 Å². The predicted molar refractivity (Wildman–Crippen MR) is 35.7 cm³/mol. The topological polar surface area (TPSA) is 64.4 Å². The highest BCUT2D eigenvalue weighted by Gasteiger charge is 1.76. The van der Waals surface area contributed by atoms with E-state index in [4.69, 9.17) is 11.5 Å². The lowest BCUT2D eigenvalue weighted by Crippen LogP contribution is -2.10. The Balaban J connectivity index is 3.57. The zero-order valence-corrected chi connectivity index (χ0v) is 4.96. The Morgan fingerprint density at radius 3 is 2.75 bits per heavy atom. The molecule has 0 spiro atoms. The first kappa shape index (κ1) is 7.17. The maximum atomic E-state index is 5.30. The molecule has 0 fully saturated rings. The van der Waals surface area contributed by atoms with Gasteiger partial charge in [0, 0.05) is 25.5 Å². The fourth-order valence-electron chi connectivity index (χ4n) is 0.238. The third-order valence-electron chi connectivity index (χ3n) is 0.673. The Morgan fingerprint density at radius 1 is 1.75 bits per heavy atom. The molecule has 0 aromatic carbocycles. The molecule has 3 nitrogen and oxygen atoms in total. The summed E-state index contributed by atoms with van der Waals surface area (Å²) < 4.78 is 0. The number of hydrogen-bond donors (Lipinski definition) is 2. The Bertz CT molecular complexity index is 104. The Morgan fingerprint density at radius 2 is 2.38 bits per heavy atom. The average molecular weight is 113 g/mol. The third-order valence-corrected chi connectivity index (χ3v) is 0.673. The third kappa shape index (κ3) is 3.36. The molecular formula is C5H11N3. The van der Waals surface area contributed by atoms with E-state index < -0.39 is 0 Å². The van der Waals surface area contributed by atoms with Gasteiger partial charge in [-0.25, -0.2) is 0 Å². The Kier molecular flexibility index (Phi) is 3.88. The van der Waals surface area contributed by atoms with E-state index in [0.717, 1.165) is 0 Å². The molecule has 0 saturated carbocycles. The molecule has 0 radical (unpaired) electrons. The van der Waals surface area contributed by atoms with E-state index in [1.165, 1.54) is 0 Å². The lowest BCUT2D eigenvalue weighted by molar-refractivity contribution is 1.11. The van der Waals surface area contributed by atoms with Crippen LogP contribution in [0.3, 0.4) is 0 Å². The number of nitrogens with two attached hydrogens (primary N) is 2. The number of hydrogen-bond acceptors (Lipinski definition) is 3. The quantitative estimate of drug-likeness (QED) is 0.474. The summed E-state index contributed by atoms with van der Waals surface area (Å²) >= 11 is 0. The van der Waals surface area contributed by atoms with E-state index in [1.807, 2.05) is 0 Å². The van der Waals surface area contributed by atoms with E-state index in [-0.39, 0.29) is 0 Å². The highest BCUT2D eigenvalue weighted by molar-refractivity contribution is 5.71. The summed E-state index contributed by atoms with van der Waals surface area (Å²) in [5.41, 5.74) is 11.1. The SMILES string of the molecule is CN=CC=C(N)CN. The van der Waals surface area contributed by atoms with Gasteiger partial charge in [0.1, 0.15) is 0 Å². The summed E-state index contributed by atoms with van der Waals surface area (Å²) in [5, 5.41) is 0. The summed E-state index contributed by atoms with van der Waals surface area (Å²) in [7, 11) is 1.68. The maximum Gasteiger partial charge on any atom is 0.0327 e. The monoisotopic (exact) mass is 113 g/mol. The van der Waals surface area contributed by atoms with E-state index >= 15 is 0 Å². The minimum atomic E-state index is 0.395. The zero-order valence-electron chi connectivity index (χ0n) is 4.96. The van der Waals surface area contributed by atoms with Gasteiger partial charge in [0.05, 0.1) is 0 Å². The molecule has 46 valence electrons. The van der Waals surface area contributed by atoms with Crippen molar-refractivity contribution in [3.05, 3.63) is 11.8 Å². The normalized spacial score (nSPS) is 13.0. The smallest absolute Gasteiger partial charge is 0.0327 e. The lowest BCUT2D eigenvalue weighted by atomic mass is 10.4. The Hall–Kier alpha value is -0.830. The molecular weight excluding hydrogens is 102 g/mol. The molecule has 0 aliphatic rings. The maximum absolute atomic E-state index is 5.30. The van der Waals surface area contributed by atoms with Gasteiger partial charge in [-0.2, -0.15) is 0 Å². The number of nitrogens with zero attached hydrogens (tertiary/aromatic N) is 1. The number of allylic oxidation sites excluding steroid dienone is 1. The second-order valence-corrected chi connectivity index (χ2v) is 1.35. The van der Waals surface area contributed by atoms with Crippen molar-refractivity contribution in [2.24, 2.45) is 16.5 Å².